The van der Waals surface area contributed by atoms with Gasteiger partial charge in [-0.1, -0.05) is 367 Å². The maximum atomic E-state index is 14.4. The smallest absolute Gasteiger partial charge is 0.778 e. The van der Waals surface area contributed by atoms with Gasteiger partial charge >= 0.3 is 45.3 Å². The molecule has 0 aliphatic carbocycles. The molecule has 3 rings (SSSR count). The number of hydrogen-bond acceptors (Lipinski definition) is 12. The largest absolute Gasteiger partial charge is 2.00 e. The van der Waals surface area contributed by atoms with Crippen molar-refractivity contribution in [3.05, 3.63) is 86.5 Å². The van der Waals surface area contributed by atoms with Gasteiger partial charge in [-0.05, 0) is 109 Å². The van der Waals surface area contributed by atoms with Crippen LogP contribution in [-0.2, 0) is 82.8 Å². The maximum absolute atomic E-state index is 14.4. The summed E-state index contributed by atoms with van der Waals surface area (Å²) in [4.78, 5) is 23.9. The zero-order valence-electron chi connectivity index (χ0n) is 69.1. The normalized spacial score (nSPS) is 13.8. The van der Waals surface area contributed by atoms with Crippen molar-refractivity contribution in [2.24, 2.45) is 0 Å². The zero-order chi connectivity index (χ0) is 76.1. The third-order valence-corrected chi connectivity index (χ3v) is 23.4. The van der Waals surface area contributed by atoms with Gasteiger partial charge < -0.3 is 52.3 Å². The molecule has 3 N–H and O–H groups in total. The monoisotopic (exact) mass is 1500 g/mol. The van der Waals surface area contributed by atoms with E-state index in [4.69, 9.17) is 18.1 Å². The first-order chi connectivity index (χ1) is 46.4. The van der Waals surface area contributed by atoms with Gasteiger partial charge in [0.15, 0.2) is 0 Å². The Balaban J connectivity index is 0.00000180. The predicted octanol–water partition coefficient (Wildman–Crippen LogP) is 26.0. The number of phenolic OH excluding ortho intramolecular Hbond substituents is 3. The van der Waals surface area contributed by atoms with Crippen LogP contribution in [0.1, 0.15) is 408 Å². The number of unbranched alkanes of at least 4 members (excludes halogenated alkanes) is 30. The Bertz CT molecular complexity index is 2610. The van der Waals surface area contributed by atoms with Crippen LogP contribution in [0.5, 0.6) is 17.2 Å². The third-order valence-electron chi connectivity index (χ3n) is 18.7. The molecule has 3 aromatic rings. The summed E-state index contributed by atoms with van der Waals surface area (Å²) in [5.41, 5.74) is 5.44. The van der Waals surface area contributed by atoms with Crippen LogP contribution in [0.25, 0.3) is 0 Å². The van der Waals surface area contributed by atoms with Gasteiger partial charge in [-0.2, -0.15) is 0 Å². The summed E-state index contributed by atoms with van der Waals surface area (Å²) in [6.07, 6.45) is 42.4. The number of hydrogen-bond donors (Lipinski definition) is 3. The molecule has 0 bridgehead atoms. The van der Waals surface area contributed by atoms with Gasteiger partial charge in [-0.3, -0.25) is 4.57 Å². The van der Waals surface area contributed by atoms with Gasteiger partial charge in [-0.15, -0.1) is 0 Å². The summed E-state index contributed by atoms with van der Waals surface area (Å²) in [6.45, 7) is 45.8. The molecular formula is C85H153CaO12P3. The number of aromatic hydroxyl groups is 3. The van der Waals surface area contributed by atoms with E-state index in [9.17, 15) is 38.8 Å². The van der Waals surface area contributed by atoms with E-state index in [1.807, 2.05) is 95.2 Å². The van der Waals surface area contributed by atoms with Gasteiger partial charge in [0.05, 0.1) is 32.6 Å². The van der Waals surface area contributed by atoms with Crippen LogP contribution in [0.4, 0.5) is 0 Å². The summed E-state index contributed by atoms with van der Waals surface area (Å²) >= 11 is 0. The molecule has 3 aromatic carbocycles. The molecule has 0 spiro atoms. The van der Waals surface area contributed by atoms with Gasteiger partial charge in [0, 0.05) is 12.3 Å². The van der Waals surface area contributed by atoms with E-state index in [1.54, 1.807) is 38.1 Å². The summed E-state index contributed by atoms with van der Waals surface area (Å²) in [7, 11) is -11.2. The standard InChI is InChI=1S/C51H97O4P.2C17H29O4P.Ca/c1-9-11-13-15-17-19-21-23-25-27-29-31-33-35-37-39-41-54-56(53,45-46-43-47(50(3,4)5)49(52)48(44-46)51(6,7)8)55-42-40-38-36-34-32-30-28-26-24-22-20-18-16-14-12-10-2;2*1-8-21-22(19,20)11-12-9-13(16(2,3)4)15(18)14(10-12)17(5,6)7;/h43-44,52H,9-42,45H2,1-8H3;2*9-10,18H,8,11H2,1-7H3,(H,19,20);/q;;;+2/p-2. The van der Waals surface area contributed by atoms with Crippen molar-refractivity contribution in [1.29, 1.82) is 0 Å². The summed E-state index contributed by atoms with van der Waals surface area (Å²) in [5, 5.41) is 32.5. The Hall–Kier alpha value is -1.23. The van der Waals surface area contributed by atoms with Crippen LogP contribution in [0.2, 0.25) is 0 Å². The number of rotatable bonds is 46. The van der Waals surface area contributed by atoms with E-state index < -0.39 is 22.8 Å². The van der Waals surface area contributed by atoms with Crippen LogP contribution < -0.4 is 9.79 Å². The SMILES string of the molecule is CCCCCCCCCCCCCCCCCCOP(=O)(Cc1cc(C(C)(C)C)c(O)c(C(C)(C)C)c1)OCCCCCCCCCCCCCCCCCC.CCOP(=O)([O-])Cc1cc(C(C)(C)C)c(O)c(C(C)(C)C)c1.CCOP(=O)([O-])Cc1cc(C(C)(C)C)c(O)c(C(C)(C)C)c1.[Ca+2]. The van der Waals surface area contributed by atoms with E-state index >= 15 is 0 Å². The molecule has 0 radical (unpaired) electrons. The minimum atomic E-state index is -3.91. The Kier molecular flexibility index (Phi) is 49.1. The predicted molar refractivity (Wildman–Crippen MR) is 430 cm³/mol. The van der Waals surface area contributed by atoms with Crippen molar-refractivity contribution in [3.8, 4) is 17.2 Å². The third kappa shape index (κ3) is 43.5. The summed E-state index contributed by atoms with van der Waals surface area (Å²) in [6, 6.07) is 11.2. The quantitative estimate of drug-likeness (QED) is 0.0276. The van der Waals surface area contributed by atoms with Crippen LogP contribution in [0, 0.1) is 0 Å². The average Bonchev–Trinajstić information content (AvgIpc) is 0.795. The molecule has 2 atom stereocenters. The molecule has 582 valence electrons. The summed E-state index contributed by atoms with van der Waals surface area (Å²) < 4.78 is 60.5. The molecule has 101 heavy (non-hydrogen) atoms. The second kappa shape index (κ2) is 49.7. The first-order valence-electron chi connectivity index (χ1n) is 39.8. The molecule has 0 amide bonds. The molecule has 16 heteroatoms. The molecule has 0 aliphatic heterocycles. The molecule has 0 saturated heterocycles. The molecule has 0 aromatic heterocycles. The second-order valence-electron chi connectivity index (χ2n) is 35.0. The maximum Gasteiger partial charge on any atom is 2.00 e. The zero-order valence-corrected chi connectivity index (χ0v) is 74.0. The molecule has 12 nitrogen and oxygen atoms in total. The average molecular weight is 1500 g/mol. The van der Waals surface area contributed by atoms with E-state index in [-0.39, 0.29) is 113 Å². The van der Waals surface area contributed by atoms with Crippen LogP contribution in [0.3, 0.4) is 0 Å². The van der Waals surface area contributed by atoms with Crippen LogP contribution in [-0.4, -0.2) is 79.5 Å². The van der Waals surface area contributed by atoms with Gasteiger partial charge in [-0.25, -0.2) is 0 Å². The Labute approximate surface area is 651 Å². The van der Waals surface area contributed by atoms with E-state index in [0.717, 1.165) is 64.6 Å². The molecule has 0 aliphatic rings. The molecule has 2 unspecified atom stereocenters. The first kappa shape index (κ1) is 99.8. The first-order valence-corrected chi connectivity index (χ1v) is 45.0. The van der Waals surface area contributed by atoms with Crippen molar-refractivity contribution in [2.75, 3.05) is 26.4 Å². The number of benzene rings is 3. The fourth-order valence-corrected chi connectivity index (χ4v) is 16.7. The Morgan fingerprint density at radius 2 is 0.455 bits per heavy atom. The fraction of sp³-hybridized carbons (Fsp3) is 0.788. The molecule has 0 saturated carbocycles. The number of phenols is 3. The molecule has 0 heterocycles. The summed E-state index contributed by atoms with van der Waals surface area (Å²) in [5.74, 6) is 0.855. The van der Waals surface area contributed by atoms with Crippen molar-refractivity contribution < 1.29 is 56.9 Å². The fourth-order valence-electron chi connectivity index (χ4n) is 12.8. The topological polar surface area (TPSA) is 195 Å². The minimum Gasteiger partial charge on any atom is -0.778 e. The van der Waals surface area contributed by atoms with Crippen LogP contribution in [0.15, 0.2) is 36.4 Å². The molecule has 0 fully saturated rings. The molecular weight excluding hydrogens is 1350 g/mol. The van der Waals surface area contributed by atoms with Crippen molar-refractivity contribution >= 4 is 60.5 Å². The Morgan fingerprint density at radius 3 is 0.624 bits per heavy atom. The van der Waals surface area contributed by atoms with Crippen molar-refractivity contribution in [3.63, 3.8) is 0 Å². The van der Waals surface area contributed by atoms with E-state index in [0.29, 0.717) is 30.1 Å². The second-order valence-corrected chi connectivity index (χ2v) is 40.7. The van der Waals surface area contributed by atoms with E-state index in [2.05, 4.69) is 55.4 Å². The van der Waals surface area contributed by atoms with Gasteiger partial charge in [0.2, 0.25) is 0 Å². The van der Waals surface area contributed by atoms with Crippen molar-refractivity contribution in [2.45, 2.75) is 409 Å². The van der Waals surface area contributed by atoms with Crippen molar-refractivity contribution in [1.82, 2.24) is 0 Å². The van der Waals surface area contributed by atoms with Gasteiger partial charge in [0.1, 0.15) is 32.4 Å². The Morgan fingerprint density at radius 1 is 0.287 bits per heavy atom. The minimum absolute atomic E-state index is 0. The van der Waals surface area contributed by atoms with Gasteiger partial charge in [0.25, 0.3) is 0 Å². The van der Waals surface area contributed by atoms with E-state index in [1.165, 1.54) is 180 Å². The van der Waals surface area contributed by atoms with Crippen LogP contribution >= 0.6 is 22.8 Å².